The summed E-state index contributed by atoms with van der Waals surface area (Å²) in [4.78, 5) is 10.3. The van der Waals surface area contributed by atoms with Gasteiger partial charge in [-0.05, 0) is 0 Å². The van der Waals surface area contributed by atoms with Gasteiger partial charge < -0.3 is 0 Å². The predicted molar refractivity (Wildman–Crippen MR) is 42.9 cm³/mol. The van der Waals surface area contributed by atoms with Gasteiger partial charge in [-0.3, -0.25) is 0 Å². The van der Waals surface area contributed by atoms with Crippen LogP contribution < -0.4 is 0 Å². The predicted octanol–water partition coefficient (Wildman–Crippen LogP) is 1.58. The quantitative estimate of drug-likeness (QED) is 0.568. The fraction of sp³-hybridized carbons (Fsp3) is 0. The zero-order valence-electron chi connectivity index (χ0n) is 5.78. The fourth-order valence-corrected chi connectivity index (χ4v) is 1.06. The Kier molecular flexibility index (Phi) is 1.35. The van der Waals surface area contributed by atoms with Crippen LogP contribution in [0.4, 0.5) is 0 Å². The third kappa shape index (κ3) is 0.983. The van der Waals surface area contributed by atoms with Gasteiger partial charge in [-0.1, -0.05) is 0 Å². The minimum atomic E-state index is 0.680. The zero-order chi connectivity index (χ0) is 7.68. The van der Waals surface area contributed by atoms with Crippen LogP contribution in [0.1, 0.15) is 10.4 Å². The van der Waals surface area contributed by atoms with E-state index in [1.165, 1.54) is 0 Å². The number of fused-ring (bicyclic) bond motifs is 1. The Balaban J connectivity index is 2.76. The molecule has 2 rings (SSSR count). The molecule has 3 heteroatoms. The van der Waals surface area contributed by atoms with E-state index in [1.807, 2.05) is 6.07 Å². The van der Waals surface area contributed by atoms with Crippen molar-refractivity contribution in [3.8, 4) is 0 Å². The molecule has 2 aromatic rings. The maximum atomic E-state index is 10.3. The number of benzene rings is 1. The van der Waals surface area contributed by atoms with Gasteiger partial charge in [0.2, 0.25) is 0 Å². The van der Waals surface area contributed by atoms with E-state index in [1.54, 1.807) is 25.5 Å². The van der Waals surface area contributed by atoms with Crippen LogP contribution in [-0.4, -0.2) is 13.4 Å². The Bertz CT molecular complexity index is 392. The van der Waals surface area contributed by atoms with Crippen molar-refractivity contribution in [1.29, 1.82) is 0 Å². The fourth-order valence-electron chi connectivity index (χ4n) is 1.06. The molecule has 1 aromatic carbocycles. The summed E-state index contributed by atoms with van der Waals surface area (Å²) >= 11 is 0. The summed E-state index contributed by atoms with van der Waals surface area (Å²) in [5, 5.41) is 1.99. The van der Waals surface area contributed by atoms with Crippen LogP contribution in [0.15, 0.2) is 28.8 Å². The van der Waals surface area contributed by atoms with Gasteiger partial charge in [0.1, 0.15) is 0 Å². The molecular weight excluding hydrogens is 139 g/mol. The van der Waals surface area contributed by atoms with E-state index in [0.29, 0.717) is 5.56 Å². The molecule has 0 bridgehead atoms. The number of hydrogen-bond acceptors (Lipinski definition) is 2. The van der Waals surface area contributed by atoms with Crippen LogP contribution in [0.3, 0.4) is 0 Å². The summed E-state index contributed by atoms with van der Waals surface area (Å²) in [6, 6.07) is 5.43. The molecule has 0 spiro atoms. The van der Waals surface area contributed by atoms with Crippen molar-refractivity contribution in [1.82, 2.24) is 0 Å². The molecule has 52 valence electrons. The molecule has 0 unspecified atom stereocenters. The Morgan fingerprint density at radius 1 is 1.45 bits per heavy atom. The van der Waals surface area contributed by atoms with Gasteiger partial charge in [-0.25, -0.2) is 0 Å². The molecule has 0 aliphatic heterocycles. The summed E-state index contributed by atoms with van der Waals surface area (Å²) in [5.41, 5.74) is 0.680. The van der Waals surface area contributed by atoms with Crippen LogP contribution >= 0.6 is 0 Å². The first-order valence-electron chi connectivity index (χ1n) is 3.31. The molecule has 0 fully saturated rings. The maximum absolute atomic E-state index is 10.3. The first-order chi connectivity index (χ1) is 5.40. The first kappa shape index (κ1) is 6.34. The molecule has 0 saturated carbocycles. The number of hydrogen-bond donors (Lipinski definition) is 0. The van der Waals surface area contributed by atoms with Crippen molar-refractivity contribution in [2.24, 2.45) is 0 Å². The summed E-state index contributed by atoms with van der Waals surface area (Å²) in [6.07, 6.45) is 2.45. The average Bonchev–Trinajstić information content (AvgIpc) is 2.50. The van der Waals surface area contributed by atoms with E-state index < -0.39 is 0 Å². The third-order valence-corrected chi connectivity index (χ3v) is 1.64. The SMILES string of the molecule is O=Cc1ccc2bocc2c1. The average molecular weight is 144 g/mol. The van der Waals surface area contributed by atoms with Gasteiger partial charge in [-0.15, -0.1) is 0 Å². The summed E-state index contributed by atoms with van der Waals surface area (Å²) in [6.45, 7) is 0. The number of rotatable bonds is 1. The molecule has 0 saturated heterocycles. The van der Waals surface area contributed by atoms with Gasteiger partial charge in [-0.2, -0.15) is 0 Å². The van der Waals surface area contributed by atoms with E-state index in [2.05, 4.69) is 0 Å². The van der Waals surface area contributed by atoms with E-state index in [4.69, 9.17) is 4.33 Å². The van der Waals surface area contributed by atoms with Crippen molar-refractivity contribution >= 4 is 24.1 Å². The van der Waals surface area contributed by atoms with Crippen molar-refractivity contribution in [3.05, 3.63) is 30.0 Å². The second-order valence-corrected chi connectivity index (χ2v) is 2.38. The summed E-state index contributed by atoms with van der Waals surface area (Å²) in [7, 11) is 1.66. The Morgan fingerprint density at radius 2 is 2.36 bits per heavy atom. The van der Waals surface area contributed by atoms with E-state index >= 15 is 0 Å². The van der Waals surface area contributed by atoms with Gasteiger partial charge >= 0.3 is 63.2 Å². The normalized spacial score (nSPS) is 9.82. The monoisotopic (exact) mass is 144 g/mol. The zero-order valence-corrected chi connectivity index (χ0v) is 5.78. The van der Waals surface area contributed by atoms with Crippen LogP contribution in [-0.2, 0) is 0 Å². The summed E-state index contributed by atoms with van der Waals surface area (Å²) in [5.74, 6) is 0. The minimum absolute atomic E-state index is 0.680. The van der Waals surface area contributed by atoms with Gasteiger partial charge in [0.05, 0.1) is 0 Å². The molecule has 1 heterocycles. The third-order valence-electron chi connectivity index (χ3n) is 1.64. The van der Waals surface area contributed by atoms with Crippen LogP contribution in [0.25, 0.3) is 10.7 Å². The van der Waals surface area contributed by atoms with Gasteiger partial charge in [0.15, 0.2) is 0 Å². The number of carbonyl (C=O) groups is 1. The van der Waals surface area contributed by atoms with Crippen molar-refractivity contribution in [2.75, 3.05) is 0 Å². The van der Waals surface area contributed by atoms with E-state index in [-0.39, 0.29) is 0 Å². The standard InChI is InChI=1S/C8H5BO2/c10-4-6-1-2-8-7(3-6)5-11-9-8/h1-5H. The Labute approximate surface area is 64.1 Å². The molecule has 0 atom stereocenters. The second-order valence-electron chi connectivity index (χ2n) is 2.38. The molecule has 11 heavy (non-hydrogen) atoms. The van der Waals surface area contributed by atoms with Crippen LogP contribution in [0, 0.1) is 0 Å². The molecule has 0 N–H and O–H groups in total. The number of aldehydes is 1. The molecule has 0 amide bonds. The molecular formula is C8H5BO2. The second kappa shape index (κ2) is 2.34. The summed E-state index contributed by atoms with van der Waals surface area (Å²) < 4.78 is 4.95. The van der Waals surface area contributed by atoms with Crippen molar-refractivity contribution in [3.63, 3.8) is 0 Å². The van der Waals surface area contributed by atoms with Crippen LogP contribution in [0.5, 0.6) is 0 Å². The first-order valence-corrected chi connectivity index (χ1v) is 3.31. The molecule has 0 aliphatic rings. The molecule has 1 aromatic heterocycles. The van der Waals surface area contributed by atoms with Crippen molar-refractivity contribution in [2.45, 2.75) is 0 Å². The molecule has 0 radical (unpaired) electrons. The van der Waals surface area contributed by atoms with Crippen molar-refractivity contribution < 1.29 is 9.13 Å². The molecule has 0 aliphatic carbocycles. The van der Waals surface area contributed by atoms with Gasteiger partial charge in [0.25, 0.3) is 0 Å². The van der Waals surface area contributed by atoms with E-state index in [9.17, 15) is 4.79 Å². The Morgan fingerprint density at radius 3 is 3.18 bits per heavy atom. The Hall–Kier alpha value is -1.38. The molecule has 2 nitrogen and oxygen atoms in total. The van der Waals surface area contributed by atoms with E-state index in [0.717, 1.165) is 17.0 Å². The topological polar surface area (TPSA) is 30.2 Å². The van der Waals surface area contributed by atoms with Crippen LogP contribution in [0.2, 0.25) is 0 Å². The van der Waals surface area contributed by atoms with Gasteiger partial charge in [0, 0.05) is 0 Å². The number of carbonyl (C=O) groups excluding carboxylic acids is 1.